The normalized spacial score (nSPS) is 52.0. The number of hydrogen-bond acceptors (Lipinski definition) is 4. The van der Waals surface area contributed by atoms with Gasteiger partial charge in [0.1, 0.15) is 12.1 Å². The number of aliphatic hydroxyl groups is 2. The second-order valence-corrected chi connectivity index (χ2v) is 14.2. The topological polar surface area (TPSA) is 52.9 Å². The monoisotopic (exact) mass is 554 g/mol. The van der Waals surface area contributed by atoms with Gasteiger partial charge in [0.2, 0.25) is 0 Å². The molecule has 35 heavy (non-hydrogen) atoms. The molecule has 2 saturated heterocycles. The Morgan fingerprint density at radius 2 is 1.60 bits per heavy atom. The van der Waals surface area contributed by atoms with Crippen molar-refractivity contribution in [1.29, 1.82) is 0 Å². The van der Waals surface area contributed by atoms with Crippen molar-refractivity contribution in [2.45, 2.75) is 102 Å². The number of piperidine rings is 1. The number of halogens is 1. The molecule has 0 amide bonds. The number of rotatable bonds is 2. The second kappa shape index (κ2) is 9.79. The maximum atomic E-state index is 11.8. The first-order valence-electron chi connectivity index (χ1n) is 14.8. The van der Waals surface area contributed by atoms with Gasteiger partial charge in [-0.2, -0.15) is 0 Å². The molecule has 4 saturated carbocycles. The van der Waals surface area contributed by atoms with E-state index in [2.05, 4.69) is 25.8 Å². The third-order valence-corrected chi connectivity index (χ3v) is 12.8. The van der Waals surface area contributed by atoms with Crippen LogP contribution in [-0.4, -0.2) is 90.3 Å². The predicted octanol–water partition coefficient (Wildman–Crippen LogP) is 0.675. The Labute approximate surface area is 224 Å². The van der Waals surface area contributed by atoms with Crippen molar-refractivity contribution in [3.05, 3.63) is 0 Å². The third kappa shape index (κ3) is 4.19. The molecule has 0 aromatic heterocycles. The molecule has 0 aromatic rings. The second-order valence-electron chi connectivity index (χ2n) is 14.2. The van der Waals surface area contributed by atoms with E-state index < -0.39 is 0 Å². The lowest BCUT2D eigenvalue weighted by Gasteiger charge is -2.62. The summed E-state index contributed by atoms with van der Waals surface area (Å²) in [5.74, 6) is 2.86. The van der Waals surface area contributed by atoms with Gasteiger partial charge >= 0.3 is 0 Å². The Bertz CT molecular complexity index is 756. The van der Waals surface area contributed by atoms with Crippen molar-refractivity contribution in [2.24, 2.45) is 34.5 Å². The number of ether oxygens (including phenoxy) is 1. The van der Waals surface area contributed by atoms with Crippen LogP contribution in [0.4, 0.5) is 0 Å². The minimum Gasteiger partial charge on any atom is -1.00 e. The molecule has 6 heteroatoms. The van der Waals surface area contributed by atoms with Gasteiger partial charge in [-0.1, -0.05) is 13.8 Å². The first-order chi connectivity index (χ1) is 16.3. The van der Waals surface area contributed by atoms with Gasteiger partial charge in [0.15, 0.2) is 0 Å². The zero-order chi connectivity index (χ0) is 23.7. The van der Waals surface area contributed by atoms with Crippen LogP contribution in [0.2, 0.25) is 0 Å². The number of likely N-dealkylation sites (tertiary alicyclic amines) is 1. The summed E-state index contributed by atoms with van der Waals surface area (Å²) in [5, 5.41) is 23.0. The quantitative estimate of drug-likeness (QED) is 0.493. The number of morpholine rings is 1. The average molecular weight is 556 g/mol. The van der Waals surface area contributed by atoms with Crippen molar-refractivity contribution in [3.8, 4) is 0 Å². The molecule has 6 aliphatic rings. The highest BCUT2D eigenvalue weighted by atomic mass is 79.9. The highest BCUT2D eigenvalue weighted by Gasteiger charge is 2.65. The van der Waals surface area contributed by atoms with Crippen LogP contribution in [0.15, 0.2) is 0 Å². The van der Waals surface area contributed by atoms with Gasteiger partial charge in [-0.15, -0.1) is 0 Å². The number of fused-ring (bicyclic) bond motifs is 5. The van der Waals surface area contributed by atoms with Crippen molar-refractivity contribution in [3.63, 3.8) is 0 Å². The molecule has 0 bridgehead atoms. The highest BCUT2D eigenvalue weighted by Crippen LogP contribution is 2.67. The molecular weight excluding hydrogens is 504 g/mol. The van der Waals surface area contributed by atoms with E-state index in [0.717, 1.165) is 55.5 Å². The van der Waals surface area contributed by atoms with E-state index in [1.165, 1.54) is 64.5 Å². The van der Waals surface area contributed by atoms with Crippen molar-refractivity contribution in [1.82, 2.24) is 4.90 Å². The average Bonchev–Trinajstić information content (AvgIpc) is 3.12. The summed E-state index contributed by atoms with van der Waals surface area (Å²) in [6.07, 6.45) is 12.2. The van der Waals surface area contributed by atoms with E-state index >= 15 is 0 Å². The summed E-state index contributed by atoms with van der Waals surface area (Å²) in [6, 6.07) is 0.741. The molecule has 0 spiro atoms. The van der Waals surface area contributed by atoms with Gasteiger partial charge in [-0.3, -0.25) is 4.90 Å². The fourth-order valence-corrected chi connectivity index (χ4v) is 10.7. The van der Waals surface area contributed by atoms with Crippen molar-refractivity contribution in [2.75, 3.05) is 46.4 Å². The SMILES string of the molecule is C[C@]12CCC3C(CC[C@H]4C[C@H](O)[C@@H](N5CCOCC5)C[C@]34C)C1C[C@H]([N+]1(C)CCCCC1)[C@@H]2O.[Br-]. The van der Waals surface area contributed by atoms with Crippen LogP contribution >= 0.6 is 0 Å². The van der Waals surface area contributed by atoms with E-state index in [0.29, 0.717) is 29.3 Å². The molecule has 0 aromatic carbocycles. The van der Waals surface area contributed by atoms with Crippen LogP contribution in [0.5, 0.6) is 0 Å². The van der Waals surface area contributed by atoms with Crippen LogP contribution in [0.1, 0.15) is 78.1 Å². The molecule has 2 heterocycles. The summed E-state index contributed by atoms with van der Waals surface area (Å²) < 4.78 is 6.75. The Balaban J connectivity index is 0.00000253. The molecule has 5 nitrogen and oxygen atoms in total. The van der Waals surface area contributed by atoms with Crippen molar-refractivity contribution >= 4 is 0 Å². The smallest absolute Gasteiger partial charge is 0.116 e. The van der Waals surface area contributed by atoms with E-state index in [1.54, 1.807) is 0 Å². The molecule has 2 aliphatic heterocycles. The Hall–Kier alpha value is 0.280. The lowest BCUT2D eigenvalue weighted by atomic mass is 9.44. The molecule has 3 unspecified atom stereocenters. The Morgan fingerprint density at radius 1 is 0.886 bits per heavy atom. The van der Waals surface area contributed by atoms with Gasteiger partial charge in [0.25, 0.3) is 0 Å². The van der Waals surface area contributed by atoms with Gasteiger partial charge < -0.3 is 36.4 Å². The summed E-state index contributed by atoms with van der Waals surface area (Å²) in [6.45, 7) is 11.2. The van der Waals surface area contributed by atoms with Gasteiger partial charge in [-0.25, -0.2) is 0 Å². The van der Waals surface area contributed by atoms with Crippen LogP contribution in [0.3, 0.4) is 0 Å². The van der Waals surface area contributed by atoms with Gasteiger partial charge in [0, 0.05) is 31.0 Å². The maximum absolute atomic E-state index is 11.8. The van der Waals surface area contributed by atoms with Crippen LogP contribution in [-0.2, 0) is 4.74 Å². The van der Waals surface area contributed by atoms with E-state index in [1.807, 2.05) is 0 Å². The summed E-state index contributed by atoms with van der Waals surface area (Å²) in [4.78, 5) is 2.54. The minimum absolute atomic E-state index is 0. The molecule has 6 fully saturated rings. The fraction of sp³-hybridized carbons (Fsp3) is 1.00. The minimum atomic E-state index is -0.178. The summed E-state index contributed by atoms with van der Waals surface area (Å²) >= 11 is 0. The molecule has 10 atom stereocenters. The van der Waals surface area contributed by atoms with Gasteiger partial charge in [0.05, 0.1) is 39.5 Å². The van der Waals surface area contributed by atoms with Crippen molar-refractivity contribution < 1.29 is 36.4 Å². The molecule has 0 radical (unpaired) electrons. The molecule has 4 aliphatic carbocycles. The van der Waals surface area contributed by atoms with E-state index in [4.69, 9.17) is 4.74 Å². The molecule has 2 N–H and O–H groups in total. The number of hydrogen-bond donors (Lipinski definition) is 2. The van der Waals surface area contributed by atoms with E-state index in [9.17, 15) is 10.2 Å². The maximum Gasteiger partial charge on any atom is 0.116 e. The van der Waals surface area contributed by atoms with Gasteiger partial charge in [-0.05, 0) is 86.9 Å². The standard InChI is InChI=1S/C29H51N2O3.BrH/c1-28-10-9-22-21(23(28)18-25(27(28)33)31(3)13-5-4-6-14-31)8-7-20-17-26(32)24(19-29(20,22)2)30-11-15-34-16-12-30;/h20-27,32-33H,4-19H2,1-3H3;1H/q+1;/p-1/t20-,21?,22?,23?,24-,25-,26-,27-,28-,29-;/m0./s1. The first-order valence-corrected chi connectivity index (χ1v) is 14.8. The molecular formula is C29H51BrN2O3. The first kappa shape index (κ1) is 26.9. The number of aliphatic hydroxyl groups excluding tert-OH is 2. The summed E-state index contributed by atoms with van der Waals surface area (Å²) in [7, 11) is 2.46. The lowest BCUT2D eigenvalue weighted by Crippen LogP contribution is -3.00. The zero-order valence-corrected chi connectivity index (χ0v) is 24.1. The lowest BCUT2D eigenvalue weighted by molar-refractivity contribution is -0.940. The largest absolute Gasteiger partial charge is 1.00 e. The number of likely N-dealkylation sites (N-methyl/N-ethyl adjacent to an activating group) is 1. The fourth-order valence-electron chi connectivity index (χ4n) is 10.7. The Kier molecular flexibility index (Phi) is 7.51. The van der Waals surface area contributed by atoms with Crippen LogP contribution in [0, 0.1) is 34.5 Å². The summed E-state index contributed by atoms with van der Waals surface area (Å²) in [5.41, 5.74) is 0.435. The van der Waals surface area contributed by atoms with Crippen LogP contribution < -0.4 is 17.0 Å². The molecule has 202 valence electrons. The number of quaternary nitrogens is 1. The third-order valence-electron chi connectivity index (χ3n) is 12.8. The molecule has 6 rings (SSSR count). The highest BCUT2D eigenvalue weighted by molar-refractivity contribution is 5.13. The Morgan fingerprint density at radius 3 is 2.31 bits per heavy atom. The number of nitrogens with zero attached hydrogens (tertiary/aromatic N) is 2. The van der Waals surface area contributed by atoms with Crippen LogP contribution in [0.25, 0.3) is 0 Å². The van der Waals surface area contributed by atoms with E-state index in [-0.39, 0.29) is 34.6 Å². The predicted molar refractivity (Wildman–Crippen MR) is 134 cm³/mol. The zero-order valence-electron chi connectivity index (χ0n) is 22.5.